The standard InChI is InChI=1S/C17H26N2O/c1-12-8-9-19(11-16(12)20-3)15-10-13-6-4-5-7-14(13)17(15)18-2/h4-7,12,15-18H,8-11H2,1-3H3. The molecule has 20 heavy (non-hydrogen) atoms. The van der Waals surface area contributed by atoms with E-state index in [9.17, 15) is 0 Å². The lowest BCUT2D eigenvalue weighted by Gasteiger charge is -2.41. The Kier molecular flexibility index (Phi) is 4.11. The van der Waals surface area contributed by atoms with Crippen LogP contribution in [0.3, 0.4) is 0 Å². The van der Waals surface area contributed by atoms with Gasteiger partial charge < -0.3 is 10.1 Å². The van der Waals surface area contributed by atoms with Crippen molar-refractivity contribution >= 4 is 0 Å². The van der Waals surface area contributed by atoms with E-state index in [1.54, 1.807) is 0 Å². The molecule has 0 amide bonds. The number of ether oxygens (including phenoxy) is 1. The SMILES string of the molecule is CNC1c2ccccc2CC1N1CCC(C)C(OC)C1. The van der Waals surface area contributed by atoms with Gasteiger partial charge in [-0.15, -0.1) is 0 Å². The molecule has 1 aliphatic carbocycles. The summed E-state index contributed by atoms with van der Waals surface area (Å²) < 4.78 is 5.68. The summed E-state index contributed by atoms with van der Waals surface area (Å²) in [5, 5.41) is 3.53. The lowest BCUT2D eigenvalue weighted by atomic mass is 9.93. The summed E-state index contributed by atoms with van der Waals surface area (Å²) in [6.07, 6.45) is 2.78. The molecule has 0 bridgehead atoms. The van der Waals surface area contributed by atoms with Crippen LogP contribution >= 0.6 is 0 Å². The number of hydrogen-bond donors (Lipinski definition) is 1. The van der Waals surface area contributed by atoms with Crippen LogP contribution < -0.4 is 5.32 Å². The first-order chi connectivity index (χ1) is 9.74. The topological polar surface area (TPSA) is 24.5 Å². The van der Waals surface area contributed by atoms with E-state index in [0.29, 0.717) is 24.1 Å². The molecule has 1 N–H and O–H groups in total. The molecule has 4 atom stereocenters. The highest BCUT2D eigenvalue weighted by Gasteiger charge is 2.38. The summed E-state index contributed by atoms with van der Waals surface area (Å²) in [5.74, 6) is 0.674. The molecule has 110 valence electrons. The second-order valence-corrected chi connectivity index (χ2v) is 6.27. The average Bonchev–Trinajstić information content (AvgIpc) is 2.86. The van der Waals surface area contributed by atoms with Crippen molar-refractivity contribution in [3.05, 3.63) is 35.4 Å². The molecule has 1 fully saturated rings. The molecule has 3 heteroatoms. The second kappa shape index (κ2) is 5.84. The van der Waals surface area contributed by atoms with Crippen molar-refractivity contribution in [1.29, 1.82) is 0 Å². The second-order valence-electron chi connectivity index (χ2n) is 6.27. The molecule has 1 aromatic carbocycles. The molecule has 1 aliphatic heterocycles. The maximum absolute atomic E-state index is 5.68. The monoisotopic (exact) mass is 274 g/mol. The molecular weight excluding hydrogens is 248 g/mol. The first-order valence-electron chi connectivity index (χ1n) is 7.76. The van der Waals surface area contributed by atoms with Crippen molar-refractivity contribution in [2.24, 2.45) is 5.92 Å². The number of likely N-dealkylation sites (N-methyl/N-ethyl adjacent to an activating group) is 1. The summed E-state index contributed by atoms with van der Waals surface area (Å²) in [6, 6.07) is 9.89. The van der Waals surface area contributed by atoms with E-state index >= 15 is 0 Å². The van der Waals surface area contributed by atoms with Crippen molar-refractivity contribution in [3.63, 3.8) is 0 Å². The van der Waals surface area contributed by atoms with Crippen molar-refractivity contribution in [2.75, 3.05) is 27.2 Å². The van der Waals surface area contributed by atoms with E-state index in [1.807, 2.05) is 7.11 Å². The predicted octanol–water partition coefficient (Wildman–Crippen LogP) is 2.23. The highest BCUT2D eigenvalue weighted by molar-refractivity contribution is 5.37. The maximum atomic E-state index is 5.68. The number of likely N-dealkylation sites (tertiary alicyclic amines) is 1. The van der Waals surface area contributed by atoms with Crippen LogP contribution in [-0.2, 0) is 11.2 Å². The summed E-state index contributed by atoms with van der Waals surface area (Å²) in [4.78, 5) is 2.63. The highest BCUT2D eigenvalue weighted by atomic mass is 16.5. The van der Waals surface area contributed by atoms with E-state index in [-0.39, 0.29) is 0 Å². The van der Waals surface area contributed by atoms with Crippen molar-refractivity contribution in [2.45, 2.75) is 38.0 Å². The van der Waals surface area contributed by atoms with Crippen LogP contribution in [-0.4, -0.2) is 44.3 Å². The molecule has 3 nitrogen and oxygen atoms in total. The maximum Gasteiger partial charge on any atom is 0.0724 e. The van der Waals surface area contributed by atoms with Gasteiger partial charge in [-0.1, -0.05) is 31.2 Å². The molecule has 1 saturated heterocycles. The molecule has 0 aromatic heterocycles. The third kappa shape index (κ3) is 2.39. The van der Waals surface area contributed by atoms with E-state index < -0.39 is 0 Å². The zero-order valence-electron chi connectivity index (χ0n) is 12.8. The summed E-state index contributed by atoms with van der Waals surface area (Å²) in [7, 11) is 3.93. The van der Waals surface area contributed by atoms with Gasteiger partial charge in [0.15, 0.2) is 0 Å². The lowest BCUT2D eigenvalue weighted by molar-refractivity contribution is -0.0224. The number of nitrogens with zero attached hydrogens (tertiary/aromatic N) is 1. The zero-order chi connectivity index (χ0) is 14.1. The van der Waals surface area contributed by atoms with Crippen molar-refractivity contribution < 1.29 is 4.74 Å². The summed E-state index contributed by atoms with van der Waals surface area (Å²) in [5.41, 5.74) is 2.98. The van der Waals surface area contributed by atoms with Gasteiger partial charge in [-0.25, -0.2) is 0 Å². The Labute approximate surface area is 122 Å². The molecule has 1 heterocycles. The summed E-state index contributed by atoms with van der Waals surface area (Å²) >= 11 is 0. The largest absolute Gasteiger partial charge is 0.380 e. The van der Waals surface area contributed by atoms with Crippen molar-refractivity contribution in [1.82, 2.24) is 10.2 Å². The number of methoxy groups -OCH3 is 1. The van der Waals surface area contributed by atoms with Crippen LogP contribution in [0.25, 0.3) is 0 Å². The molecule has 4 unspecified atom stereocenters. The van der Waals surface area contributed by atoms with E-state index in [4.69, 9.17) is 4.74 Å². The van der Waals surface area contributed by atoms with Crippen LogP contribution in [0, 0.1) is 5.92 Å². The normalized spacial score (nSPS) is 34.1. The van der Waals surface area contributed by atoms with E-state index in [1.165, 1.54) is 24.1 Å². The van der Waals surface area contributed by atoms with Crippen molar-refractivity contribution in [3.8, 4) is 0 Å². The number of rotatable bonds is 3. The molecule has 0 spiro atoms. The van der Waals surface area contributed by atoms with Gasteiger partial charge in [0.25, 0.3) is 0 Å². The summed E-state index contributed by atoms with van der Waals surface area (Å²) in [6.45, 7) is 4.57. The van der Waals surface area contributed by atoms with Gasteiger partial charge >= 0.3 is 0 Å². The Morgan fingerprint density at radius 1 is 1.30 bits per heavy atom. The predicted molar refractivity (Wildman–Crippen MR) is 81.9 cm³/mol. The first kappa shape index (κ1) is 14.1. The fourth-order valence-corrected chi connectivity index (χ4v) is 3.93. The fraction of sp³-hybridized carbons (Fsp3) is 0.647. The van der Waals surface area contributed by atoms with Crippen LogP contribution in [0.4, 0.5) is 0 Å². The Bertz CT molecular complexity index is 462. The molecular formula is C17H26N2O. The Morgan fingerprint density at radius 2 is 2.10 bits per heavy atom. The Hall–Kier alpha value is -0.900. The first-order valence-corrected chi connectivity index (χ1v) is 7.76. The molecule has 0 radical (unpaired) electrons. The van der Waals surface area contributed by atoms with Crippen LogP contribution in [0.5, 0.6) is 0 Å². The average molecular weight is 274 g/mol. The van der Waals surface area contributed by atoms with Gasteiger partial charge in [-0.3, -0.25) is 4.90 Å². The quantitative estimate of drug-likeness (QED) is 0.915. The van der Waals surface area contributed by atoms with E-state index in [2.05, 4.69) is 48.5 Å². The Morgan fingerprint density at radius 3 is 2.85 bits per heavy atom. The van der Waals surface area contributed by atoms with Crippen LogP contribution in [0.1, 0.15) is 30.5 Å². The van der Waals surface area contributed by atoms with Gasteiger partial charge in [0.2, 0.25) is 0 Å². The van der Waals surface area contributed by atoms with Crippen LogP contribution in [0.15, 0.2) is 24.3 Å². The minimum atomic E-state index is 0.380. The van der Waals surface area contributed by atoms with Crippen LogP contribution in [0.2, 0.25) is 0 Å². The van der Waals surface area contributed by atoms with Gasteiger partial charge in [0.1, 0.15) is 0 Å². The molecule has 0 saturated carbocycles. The molecule has 3 rings (SSSR count). The van der Waals surface area contributed by atoms with Gasteiger partial charge in [-0.05, 0) is 43.5 Å². The number of piperidine rings is 1. The number of fused-ring (bicyclic) bond motifs is 1. The molecule has 2 aliphatic rings. The third-order valence-corrected chi connectivity index (χ3v) is 5.21. The minimum absolute atomic E-state index is 0.380. The fourth-order valence-electron chi connectivity index (χ4n) is 3.93. The number of nitrogens with one attached hydrogen (secondary N) is 1. The number of benzene rings is 1. The lowest BCUT2D eigenvalue weighted by Crippen LogP contribution is -2.51. The molecule has 1 aromatic rings. The Balaban J connectivity index is 1.78. The van der Waals surface area contributed by atoms with Gasteiger partial charge in [0.05, 0.1) is 6.10 Å². The third-order valence-electron chi connectivity index (χ3n) is 5.21. The highest BCUT2D eigenvalue weighted by Crippen LogP contribution is 2.36. The number of hydrogen-bond acceptors (Lipinski definition) is 3. The van der Waals surface area contributed by atoms with Gasteiger partial charge in [0, 0.05) is 25.7 Å². The van der Waals surface area contributed by atoms with E-state index in [0.717, 1.165) is 13.0 Å². The zero-order valence-corrected chi connectivity index (χ0v) is 12.8. The van der Waals surface area contributed by atoms with Gasteiger partial charge in [-0.2, -0.15) is 0 Å². The smallest absolute Gasteiger partial charge is 0.0724 e. The minimum Gasteiger partial charge on any atom is -0.380 e.